The Morgan fingerprint density at radius 1 is 1.31 bits per heavy atom. The van der Waals surface area contributed by atoms with E-state index in [2.05, 4.69) is 5.32 Å². The largest absolute Gasteiger partial charge is 0.465 e. The molecule has 5 heteroatoms. The quantitative estimate of drug-likeness (QED) is 0.442. The Balaban J connectivity index is 3.51. The maximum Gasteiger partial charge on any atom is 0.323 e. The second kappa shape index (κ2) is 10.9. The van der Waals surface area contributed by atoms with E-state index in [-0.39, 0.29) is 12.0 Å². The molecule has 0 amide bonds. The Bertz CT molecular complexity index is 175. The van der Waals surface area contributed by atoms with Gasteiger partial charge in [-0.1, -0.05) is 0 Å². The van der Waals surface area contributed by atoms with Crippen molar-refractivity contribution in [2.24, 2.45) is 0 Å². The number of carbonyl (C=O) groups excluding carboxylic acids is 1. The number of rotatable bonds is 10. The molecule has 0 heterocycles. The van der Waals surface area contributed by atoms with E-state index in [0.717, 1.165) is 6.42 Å². The molecule has 0 saturated heterocycles. The Hall–Kier alpha value is -0.650. The molecule has 1 N–H and O–H groups in total. The van der Waals surface area contributed by atoms with Crippen LogP contribution in [-0.2, 0) is 19.0 Å². The van der Waals surface area contributed by atoms with E-state index >= 15 is 0 Å². The minimum atomic E-state index is -0.276. The van der Waals surface area contributed by atoms with E-state index in [1.165, 1.54) is 0 Å². The molecule has 0 aromatic heterocycles. The predicted molar refractivity (Wildman–Crippen MR) is 61.4 cm³/mol. The Labute approximate surface area is 97.4 Å². The zero-order chi connectivity index (χ0) is 12.2. The van der Waals surface area contributed by atoms with E-state index in [4.69, 9.17) is 14.2 Å². The Kier molecular flexibility index (Phi) is 10.4. The third-order valence-electron chi connectivity index (χ3n) is 2.11. The number of carbonyl (C=O) groups is 1. The van der Waals surface area contributed by atoms with Gasteiger partial charge >= 0.3 is 5.97 Å². The monoisotopic (exact) mass is 233 g/mol. The SMILES string of the molecule is CCOC(=O)C(CCOCCCOC)NC. The zero-order valence-electron chi connectivity index (χ0n) is 10.5. The lowest BCUT2D eigenvalue weighted by Gasteiger charge is -2.14. The summed E-state index contributed by atoms with van der Waals surface area (Å²) in [4.78, 5) is 11.4. The van der Waals surface area contributed by atoms with Crippen LogP contribution in [-0.4, -0.2) is 52.6 Å². The van der Waals surface area contributed by atoms with Gasteiger partial charge in [-0.15, -0.1) is 0 Å². The molecule has 1 unspecified atom stereocenters. The van der Waals surface area contributed by atoms with Crippen molar-refractivity contribution in [3.8, 4) is 0 Å². The Morgan fingerprint density at radius 3 is 2.62 bits per heavy atom. The summed E-state index contributed by atoms with van der Waals surface area (Å²) in [5.74, 6) is -0.217. The number of methoxy groups -OCH3 is 1. The standard InChI is InChI=1S/C11H23NO4/c1-4-16-11(13)10(12-2)6-9-15-8-5-7-14-3/h10,12H,4-9H2,1-3H3. The highest BCUT2D eigenvalue weighted by Gasteiger charge is 2.16. The summed E-state index contributed by atoms with van der Waals surface area (Å²) < 4.78 is 15.2. The molecule has 0 fully saturated rings. The van der Waals surface area contributed by atoms with Crippen LogP contribution in [0.15, 0.2) is 0 Å². The van der Waals surface area contributed by atoms with Crippen LogP contribution < -0.4 is 5.32 Å². The van der Waals surface area contributed by atoms with Crippen LogP contribution in [0, 0.1) is 0 Å². The number of ether oxygens (including phenoxy) is 3. The lowest BCUT2D eigenvalue weighted by Crippen LogP contribution is -2.36. The van der Waals surface area contributed by atoms with Gasteiger partial charge in [-0.2, -0.15) is 0 Å². The van der Waals surface area contributed by atoms with Crippen LogP contribution in [0.4, 0.5) is 0 Å². The van der Waals surface area contributed by atoms with E-state index in [1.54, 1.807) is 21.1 Å². The van der Waals surface area contributed by atoms with E-state index in [9.17, 15) is 4.79 Å². The summed E-state index contributed by atoms with van der Waals surface area (Å²) in [6, 6.07) is -0.276. The van der Waals surface area contributed by atoms with Crippen molar-refractivity contribution in [2.75, 3.05) is 40.6 Å². The second-order valence-corrected chi connectivity index (χ2v) is 3.34. The summed E-state index contributed by atoms with van der Waals surface area (Å²) in [5.41, 5.74) is 0. The molecule has 0 radical (unpaired) electrons. The molecule has 96 valence electrons. The van der Waals surface area contributed by atoms with Gasteiger partial charge in [0, 0.05) is 26.9 Å². The van der Waals surface area contributed by atoms with Crippen LogP contribution in [0.5, 0.6) is 0 Å². The molecule has 0 bridgehead atoms. The third-order valence-corrected chi connectivity index (χ3v) is 2.11. The topological polar surface area (TPSA) is 56.8 Å². The van der Waals surface area contributed by atoms with Crippen LogP contribution in [0.2, 0.25) is 0 Å². The Morgan fingerprint density at radius 2 is 2.06 bits per heavy atom. The van der Waals surface area contributed by atoms with Crippen LogP contribution in [0.25, 0.3) is 0 Å². The molecular formula is C11H23NO4. The predicted octanol–water partition coefficient (Wildman–Crippen LogP) is 0.581. The highest BCUT2D eigenvalue weighted by atomic mass is 16.5. The van der Waals surface area contributed by atoms with Gasteiger partial charge in [0.2, 0.25) is 0 Å². The van der Waals surface area contributed by atoms with Gasteiger partial charge in [-0.3, -0.25) is 4.79 Å². The summed E-state index contributed by atoms with van der Waals surface area (Å²) in [6.45, 7) is 4.12. The first-order valence-corrected chi connectivity index (χ1v) is 5.66. The van der Waals surface area contributed by atoms with Crippen LogP contribution in [0.3, 0.4) is 0 Å². The van der Waals surface area contributed by atoms with Crippen molar-refractivity contribution >= 4 is 5.97 Å². The van der Waals surface area contributed by atoms with E-state index in [1.807, 2.05) is 0 Å². The van der Waals surface area contributed by atoms with E-state index < -0.39 is 0 Å². The molecule has 0 rings (SSSR count). The first-order valence-electron chi connectivity index (χ1n) is 5.66. The van der Waals surface area contributed by atoms with Crippen molar-refractivity contribution in [3.05, 3.63) is 0 Å². The van der Waals surface area contributed by atoms with Gasteiger partial charge in [-0.25, -0.2) is 0 Å². The number of nitrogens with one attached hydrogen (secondary N) is 1. The van der Waals surface area contributed by atoms with Crippen molar-refractivity contribution < 1.29 is 19.0 Å². The molecule has 0 aliphatic carbocycles. The maximum absolute atomic E-state index is 11.4. The van der Waals surface area contributed by atoms with Gasteiger partial charge < -0.3 is 19.5 Å². The zero-order valence-corrected chi connectivity index (χ0v) is 10.5. The molecule has 0 aromatic rings. The third kappa shape index (κ3) is 7.62. The lowest BCUT2D eigenvalue weighted by molar-refractivity contribution is -0.146. The fourth-order valence-electron chi connectivity index (χ4n) is 1.23. The summed E-state index contributed by atoms with van der Waals surface area (Å²) in [7, 11) is 3.41. The minimum Gasteiger partial charge on any atom is -0.465 e. The summed E-state index contributed by atoms with van der Waals surface area (Å²) in [6.07, 6.45) is 1.50. The number of esters is 1. The summed E-state index contributed by atoms with van der Waals surface area (Å²) in [5, 5.41) is 2.91. The molecular weight excluding hydrogens is 210 g/mol. The number of hydrogen-bond donors (Lipinski definition) is 1. The second-order valence-electron chi connectivity index (χ2n) is 3.34. The first-order chi connectivity index (χ1) is 7.76. The van der Waals surface area contributed by atoms with Gasteiger partial charge in [0.25, 0.3) is 0 Å². The average molecular weight is 233 g/mol. The van der Waals surface area contributed by atoms with Crippen molar-refractivity contribution in [1.82, 2.24) is 5.32 Å². The van der Waals surface area contributed by atoms with Gasteiger partial charge in [-0.05, 0) is 26.8 Å². The molecule has 0 aliphatic heterocycles. The van der Waals surface area contributed by atoms with Gasteiger partial charge in [0.15, 0.2) is 0 Å². The first kappa shape index (κ1) is 15.3. The highest BCUT2D eigenvalue weighted by molar-refractivity contribution is 5.75. The van der Waals surface area contributed by atoms with E-state index in [0.29, 0.717) is 32.8 Å². The van der Waals surface area contributed by atoms with Crippen LogP contribution in [0.1, 0.15) is 19.8 Å². The summed E-state index contributed by atoms with van der Waals surface area (Å²) >= 11 is 0. The fourth-order valence-corrected chi connectivity index (χ4v) is 1.23. The van der Waals surface area contributed by atoms with Crippen molar-refractivity contribution in [2.45, 2.75) is 25.8 Å². The molecule has 0 aliphatic rings. The van der Waals surface area contributed by atoms with Crippen molar-refractivity contribution in [3.63, 3.8) is 0 Å². The maximum atomic E-state index is 11.4. The van der Waals surface area contributed by atoms with Crippen LogP contribution >= 0.6 is 0 Å². The highest BCUT2D eigenvalue weighted by Crippen LogP contribution is 1.96. The minimum absolute atomic E-state index is 0.217. The fraction of sp³-hybridized carbons (Fsp3) is 0.909. The van der Waals surface area contributed by atoms with Crippen molar-refractivity contribution in [1.29, 1.82) is 0 Å². The molecule has 0 saturated carbocycles. The molecule has 1 atom stereocenters. The van der Waals surface area contributed by atoms with Gasteiger partial charge in [0.05, 0.1) is 6.61 Å². The molecule has 16 heavy (non-hydrogen) atoms. The molecule has 0 spiro atoms. The number of likely N-dealkylation sites (N-methyl/N-ethyl adjacent to an activating group) is 1. The smallest absolute Gasteiger partial charge is 0.323 e. The molecule has 5 nitrogen and oxygen atoms in total. The number of hydrogen-bond acceptors (Lipinski definition) is 5. The lowest BCUT2D eigenvalue weighted by atomic mass is 10.2. The average Bonchev–Trinajstić information content (AvgIpc) is 2.28. The molecule has 0 aromatic carbocycles. The van der Waals surface area contributed by atoms with Gasteiger partial charge in [0.1, 0.15) is 6.04 Å². The normalized spacial score (nSPS) is 12.4.